The predicted octanol–water partition coefficient (Wildman–Crippen LogP) is 3.05. The molecule has 0 radical (unpaired) electrons. The number of aromatic nitrogens is 3. The summed E-state index contributed by atoms with van der Waals surface area (Å²) in [6, 6.07) is 6.23. The number of ether oxygens (including phenoxy) is 1. The zero-order valence-electron chi connectivity index (χ0n) is 13.0. The van der Waals surface area contributed by atoms with E-state index in [1.54, 1.807) is 19.1 Å². The van der Waals surface area contributed by atoms with Gasteiger partial charge >= 0.3 is 5.97 Å². The number of carbonyl (C=O) groups is 1. The number of esters is 1. The summed E-state index contributed by atoms with van der Waals surface area (Å²) < 4.78 is 4.98. The van der Waals surface area contributed by atoms with Crippen LogP contribution in [0.3, 0.4) is 0 Å². The predicted molar refractivity (Wildman–Crippen MR) is 96.0 cm³/mol. The summed E-state index contributed by atoms with van der Waals surface area (Å²) in [5, 5.41) is 0.909. The van der Waals surface area contributed by atoms with Crippen LogP contribution in [-0.4, -0.2) is 27.5 Å². The van der Waals surface area contributed by atoms with Gasteiger partial charge in [0.15, 0.2) is 11.3 Å². The number of halogens is 2. The molecule has 0 atom stereocenters. The zero-order chi connectivity index (χ0) is 18.1. The van der Waals surface area contributed by atoms with E-state index >= 15 is 0 Å². The number of nitrogens with zero attached hydrogens (tertiary/aromatic N) is 2. The molecule has 9 heteroatoms. The first-order chi connectivity index (χ1) is 11.9. The first-order valence-electron chi connectivity index (χ1n) is 7.23. The van der Waals surface area contributed by atoms with Crippen molar-refractivity contribution in [2.45, 2.75) is 6.92 Å². The highest BCUT2D eigenvalue weighted by Crippen LogP contribution is 2.33. The maximum atomic E-state index is 12.4. The standard InChI is InChI=1S/C16H12Cl2N4O3/c1-2-25-15(24)11-6-9(8-4-3-7(17)5-10(8)18)12-13(20-11)21-16(19)22-14(12)23/h3-6H,2H2,1H3,(H3,19,20,21,22,23). The molecular formula is C16H12Cl2N4O3. The van der Waals surface area contributed by atoms with E-state index in [0.717, 1.165) is 0 Å². The quantitative estimate of drug-likeness (QED) is 0.677. The number of nitrogens with one attached hydrogen (secondary N) is 1. The summed E-state index contributed by atoms with van der Waals surface area (Å²) >= 11 is 12.2. The lowest BCUT2D eigenvalue weighted by Crippen LogP contribution is -2.15. The van der Waals surface area contributed by atoms with Gasteiger partial charge in [-0.05, 0) is 25.1 Å². The molecule has 25 heavy (non-hydrogen) atoms. The van der Waals surface area contributed by atoms with E-state index in [0.29, 0.717) is 21.2 Å². The molecule has 3 rings (SSSR count). The van der Waals surface area contributed by atoms with Gasteiger partial charge in [-0.1, -0.05) is 29.3 Å². The third-order valence-corrected chi connectivity index (χ3v) is 3.95. The minimum atomic E-state index is -0.642. The summed E-state index contributed by atoms with van der Waals surface area (Å²) in [4.78, 5) is 35.0. The summed E-state index contributed by atoms with van der Waals surface area (Å²) in [5.41, 5.74) is 5.98. The van der Waals surface area contributed by atoms with Crippen molar-refractivity contribution in [2.75, 3.05) is 12.3 Å². The van der Waals surface area contributed by atoms with Crippen LogP contribution < -0.4 is 11.3 Å². The molecule has 3 N–H and O–H groups in total. The second-order valence-electron chi connectivity index (χ2n) is 5.05. The van der Waals surface area contributed by atoms with Gasteiger partial charge in [-0.3, -0.25) is 9.78 Å². The minimum absolute atomic E-state index is 0.00660. The molecule has 0 saturated carbocycles. The number of pyridine rings is 1. The highest BCUT2D eigenvalue weighted by atomic mass is 35.5. The number of anilines is 1. The summed E-state index contributed by atoms with van der Waals surface area (Å²) in [6.07, 6.45) is 0. The van der Waals surface area contributed by atoms with Crippen LogP contribution in [0.2, 0.25) is 10.0 Å². The smallest absolute Gasteiger partial charge is 0.357 e. The number of carbonyl (C=O) groups excluding carboxylic acids is 1. The SMILES string of the molecule is CCOC(=O)c1cc(-c2ccc(Cl)cc2Cl)c2c(=O)[nH]c(N)nc2n1. The second-order valence-corrected chi connectivity index (χ2v) is 5.89. The molecule has 2 aromatic heterocycles. The van der Waals surface area contributed by atoms with E-state index in [1.807, 2.05) is 0 Å². The Morgan fingerprint density at radius 3 is 2.68 bits per heavy atom. The van der Waals surface area contributed by atoms with Crippen LogP contribution in [0, 0.1) is 0 Å². The van der Waals surface area contributed by atoms with Gasteiger partial charge in [0.05, 0.1) is 12.0 Å². The number of hydrogen-bond acceptors (Lipinski definition) is 6. The van der Waals surface area contributed by atoms with Gasteiger partial charge in [-0.15, -0.1) is 0 Å². The summed E-state index contributed by atoms with van der Waals surface area (Å²) in [5.74, 6) is -0.754. The highest BCUT2D eigenvalue weighted by molar-refractivity contribution is 6.36. The number of aromatic amines is 1. The van der Waals surface area contributed by atoms with Crippen LogP contribution in [0.1, 0.15) is 17.4 Å². The molecule has 3 aromatic rings. The van der Waals surface area contributed by atoms with Gasteiger partial charge in [0.25, 0.3) is 5.56 Å². The molecular weight excluding hydrogens is 367 g/mol. The molecule has 0 bridgehead atoms. The van der Waals surface area contributed by atoms with Gasteiger partial charge in [-0.2, -0.15) is 4.98 Å². The van der Waals surface area contributed by atoms with Crippen molar-refractivity contribution >= 4 is 46.2 Å². The van der Waals surface area contributed by atoms with E-state index in [9.17, 15) is 9.59 Å². The highest BCUT2D eigenvalue weighted by Gasteiger charge is 2.19. The monoisotopic (exact) mass is 378 g/mol. The maximum Gasteiger partial charge on any atom is 0.357 e. The van der Waals surface area contributed by atoms with Gasteiger partial charge < -0.3 is 10.5 Å². The first-order valence-corrected chi connectivity index (χ1v) is 7.99. The lowest BCUT2D eigenvalue weighted by atomic mass is 10.0. The van der Waals surface area contributed by atoms with Crippen molar-refractivity contribution in [1.29, 1.82) is 0 Å². The number of rotatable bonds is 3. The van der Waals surface area contributed by atoms with Gasteiger partial charge in [-0.25, -0.2) is 9.78 Å². The molecule has 0 saturated heterocycles. The molecule has 0 amide bonds. The first kappa shape index (κ1) is 17.2. The van der Waals surface area contributed by atoms with Crippen molar-refractivity contribution in [3.05, 3.63) is 50.4 Å². The Morgan fingerprint density at radius 1 is 1.24 bits per heavy atom. The minimum Gasteiger partial charge on any atom is -0.461 e. The Morgan fingerprint density at radius 2 is 2.00 bits per heavy atom. The molecule has 128 valence electrons. The number of nitrogens with two attached hydrogens (primary N) is 1. The zero-order valence-corrected chi connectivity index (χ0v) is 14.5. The average Bonchev–Trinajstić information content (AvgIpc) is 2.53. The van der Waals surface area contributed by atoms with Crippen LogP contribution in [0.25, 0.3) is 22.2 Å². The van der Waals surface area contributed by atoms with E-state index in [1.165, 1.54) is 12.1 Å². The lowest BCUT2D eigenvalue weighted by molar-refractivity contribution is 0.0520. The van der Waals surface area contributed by atoms with Crippen molar-refractivity contribution in [3.63, 3.8) is 0 Å². The molecule has 0 spiro atoms. The van der Waals surface area contributed by atoms with E-state index in [2.05, 4.69) is 15.0 Å². The molecule has 7 nitrogen and oxygen atoms in total. The molecule has 0 aliphatic carbocycles. The number of fused-ring (bicyclic) bond motifs is 1. The van der Waals surface area contributed by atoms with Crippen LogP contribution in [0.5, 0.6) is 0 Å². The molecule has 0 fully saturated rings. The molecule has 1 aromatic carbocycles. The Hall–Kier alpha value is -2.64. The Bertz CT molecular complexity index is 1050. The van der Waals surface area contributed by atoms with E-state index in [-0.39, 0.29) is 29.3 Å². The van der Waals surface area contributed by atoms with Gasteiger partial charge in [0, 0.05) is 21.2 Å². The summed E-state index contributed by atoms with van der Waals surface area (Å²) in [6.45, 7) is 1.86. The van der Waals surface area contributed by atoms with Crippen LogP contribution in [-0.2, 0) is 4.74 Å². The number of benzene rings is 1. The normalized spacial score (nSPS) is 10.8. The third-order valence-electron chi connectivity index (χ3n) is 3.40. The van der Waals surface area contributed by atoms with Crippen molar-refractivity contribution < 1.29 is 9.53 Å². The average molecular weight is 379 g/mol. The topological polar surface area (TPSA) is 111 Å². The third kappa shape index (κ3) is 3.29. The summed E-state index contributed by atoms with van der Waals surface area (Å²) in [7, 11) is 0. The number of H-pyrrole nitrogens is 1. The van der Waals surface area contributed by atoms with Crippen molar-refractivity contribution in [1.82, 2.24) is 15.0 Å². The largest absolute Gasteiger partial charge is 0.461 e. The van der Waals surface area contributed by atoms with Crippen molar-refractivity contribution in [2.24, 2.45) is 0 Å². The van der Waals surface area contributed by atoms with Crippen LogP contribution in [0.4, 0.5) is 5.95 Å². The molecule has 0 aliphatic rings. The molecule has 0 unspecified atom stereocenters. The fraction of sp³-hybridized carbons (Fsp3) is 0.125. The second kappa shape index (κ2) is 6.70. The van der Waals surface area contributed by atoms with Crippen molar-refractivity contribution in [3.8, 4) is 11.1 Å². The van der Waals surface area contributed by atoms with Gasteiger partial charge in [0.1, 0.15) is 0 Å². The Kier molecular flexibility index (Phi) is 4.61. The molecule has 0 aliphatic heterocycles. The maximum absolute atomic E-state index is 12.4. The fourth-order valence-electron chi connectivity index (χ4n) is 2.39. The lowest BCUT2D eigenvalue weighted by Gasteiger charge is -2.10. The fourth-order valence-corrected chi connectivity index (χ4v) is 2.90. The van der Waals surface area contributed by atoms with Crippen LogP contribution in [0.15, 0.2) is 29.1 Å². The number of nitrogen functional groups attached to an aromatic ring is 1. The van der Waals surface area contributed by atoms with E-state index < -0.39 is 11.5 Å². The van der Waals surface area contributed by atoms with Crippen LogP contribution >= 0.6 is 23.2 Å². The molecule has 2 heterocycles. The Balaban J connectivity index is 2.38. The Labute approximate surface area is 151 Å². The van der Waals surface area contributed by atoms with Gasteiger partial charge in [0.2, 0.25) is 5.95 Å². The number of hydrogen-bond donors (Lipinski definition) is 2. The van der Waals surface area contributed by atoms with E-state index in [4.69, 9.17) is 33.7 Å².